The lowest BCUT2D eigenvalue weighted by molar-refractivity contribution is 0.0600. The highest BCUT2D eigenvalue weighted by molar-refractivity contribution is 7.18. The first kappa shape index (κ1) is 18.4. The Balaban J connectivity index is 1.42. The number of nitrogens with zero attached hydrogens (tertiary/aromatic N) is 2. The summed E-state index contributed by atoms with van der Waals surface area (Å²) in [6.45, 7) is 1.39. The number of fused-ring (bicyclic) bond motifs is 1. The molecule has 3 aromatic rings. The monoisotopic (exact) mass is 395 g/mol. The number of carbonyl (C=O) groups excluding carboxylic acids is 2. The van der Waals surface area contributed by atoms with E-state index in [2.05, 4.69) is 16.1 Å². The van der Waals surface area contributed by atoms with E-state index in [1.807, 2.05) is 23.1 Å². The Labute approximate surface area is 167 Å². The zero-order valence-electron chi connectivity index (χ0n) is 15.6. The van der Waals surface area contributed by atoms with Crippen LogP contribution in [-0.2, 0) is 4.74 Å². The van der Waals surface area contributed by atoms with Crippen LogP contribution >= 0.6 is 11.3 Å². The minimum Gasteiger partial charge on any atom is -0.465 e. The predicted octanol–water partition coefficient (Wildman–Crippen LogP) is 4.49. The molecule has 6 nitrogen and oxygen atoms in total. The highest BCUT2D eigenvalue weighted by atomic mass is 32.1. The van der Waals surface area contributed by atoms with E-state index in [-0.39, 0.29) is 11.9 Å². The largest absolute Gasteiger partial charge is 0.465 e. The van der Waals surface area contributed by atoms with Crippen LogP contribution in [0.15, 0.2) is 48.5 Å². The Morgan fingerprint density at radius 3 is 2.71 bits per heavy atom. The molecule has 2 amide bonds. The number of hydrogen-bond acceptors (Lipinski definition) is 5. The summed E-state index contributed by atoms with van der Waals surface area (Å²) in [6, 6.07) is 14.7. The first-order chi connectivity index (χ1) is 13.6. The number of carbonyl (C=O) groups is 2. The van der Waals surface area contributed by atoms with E-state index in [4.69, 9.17) is 4.98 Å². The van der Waals surface area contributed by atoms with Gasteiger partial charge in [-0.2, -0.15) is 0 Å². The van der Waals surface area contributed by atoms with E-state index < -0.39 is 5.97 Å². The number of methoxy groups -OCH3 is 1. The van der Waals surface area contributed by atoms with Crippen LogP contribution in [0.25, 0.3) is 10.2 Å². The summed E-state index contributed by atoms with van der Waals surface area (Å²) < 4.78 is 5.87. The molecule has 0 bridgehead atoms. The van der Waals surface area contributed by atoms with Crippen molar-refractivity contribution in [2.24, 2.45) is 0 Å². The zero-order chi connectivity index (χ0) is 19.5. The van der Waals surface area contributed by atoms with Gasteiger partial charge >= 0.3 is 12.0 Å². The fourth-order valence-electron chi connectivity index (χ4n) is 3.44. The molecule has 0 aliphatic carbocycles. The minimum atomic E-state index is -0.396. The molecule has 4 rings (SSSR count). The van der Waals surface area contributed by atoms with Gasteiger partial charge in [0.05, 0.1) is 27.9 Å². The van der Waals surface area contributed by atoms with Crippen LogP contribution < -0.4 is 5.32 Å². The van der Waals surface area contributed by atoms with Crippen molar-refractivity contribution < 1.29 is 14.3 Å². The molecule has 1 fully saturated rings. The van der Waals surface area contributed by atoms with E-state index in [0.29, 0.717) is 17.8 Å². The number of likely N-dealkylation sites (tertiary alicyclic amines) is 1. The summed E-state index contributed by atoms with van der Waals surface area (Å²) in [5.74, 6) is -0.133. The van der Waals surface area contributed by atoms with E-state index >= 15 is 0 Å². The highest BCUT2D eigenvalue weighted by Gasteiger charge is 2.27. The molecular weight excluding hydrogens is 374 g/mol. The van der Waals surface area contributed by atoms with Gasteiger partial charge in [0.1, 0.15) is 0 Å². The molecule has 2 aromatic carbocycles. The maximum Gasteiger partial charge on any atom is 0.337 e. The molecule has 0 spiro atoms. The average molecular weight is 395 g/mol. The first-order valence-electron chi connectivity index (χ1n) is 9.24. The van der Waals surface area contributed by atoms with E-state index in [1.165, 1.54) is 11.8 Å². The lowest BCUT2D eigenvalue weighted by Gasteiger charge is -2.31. The molecule has 1 aliphatic heterocycles. The van der Waals surface area contributed by atoms with Crippen LogP contribution in [0.2, 0.25) is 0 Å². The van der Waals surface area contributed by atoms with Gasteiger partial charge in [0, 0.05) is 24.7 Å². The first-order valence-corrected chi connectivity index (χ1v) is 10.1. The summed E-state index contributed by atoms with van der Waals surface area (Å²) in [4.78, 5) is 30.8. The van der Waals surface area contributed by atoms with Crippen molar-refractivity contribution in [3.05, 3.63) is 59.1 Å². The van der Waals surface area contributed by atoms with Gasteiger partial charge in [-0.3, -0.25) is 0 Å². The van der Waals surface area contributed by atoms with Gasteiger partial charge in [-0.15, -0.1) is 11.3 Å². The van der Waals surface area contributed by atoms with Crippen molar-refractivity contribution in [2.45, 2.75) is 18.8 Å². The number of anilines is 1. The molecule has 1 N–H and O–H groups in total. The van der Waals surface area contributed by atoms with Gasteiger partial charge in [-0.1, -0.05) is 12.1 Å². The van der Waals surface area contributed by atoms with Gasteiger partial charge in [-0.05, 0) is 49.2 Å². The third-order valence-electron chi connectivity index (χ3n) is 4.93. The third-order valence-corrected chi connectivity index (χ3v) is 6.12. The van der Waals surface area contributed by atoms with Crippen molar-refractivity contribution in [1.29, 1.82) is 0 Å². The maximum absolute atomic E-state index is 12.7. The van der Waals surface area contributed by atoms with Crippen molar-refractivity contribution in [3.63, 3.8) is 0 Å². The third kappa shape index (κ3) is 3.84. The predicted molar refractivity (Wildman–Crippen MR) is 110 cm³/mol. The number of para-hydroxylation sites is 1. The van der Waals surface area contributed by atoms with E-state index in [9.17, 15) is 9.59 Å². The number of amides is 2. The Bertz CT molecular complexity index is 967. The van der Waals surface area contributed by atoms with Gasteiger partial charge < -0.3 is 15.0 Å². The Morgan fingerprint density at radius 1 is 1.18 bits per heavy atom. The molecule has 144 valence electrons. The molecule has 1 saturated heterocycles. The fourth-order valence-corrected chi connectivity index (χ4v) is 4.53. The molecule has 1 aromatic heterocycles. The summed E-state index contributed by atoms with van der Waals surface area (Å²) in [5.41, 5.74) is 2.13. The molecule has 0 saturated carbocycles. The minimum absolute atomic E-state index is 0.128. The summed E-state index contributed by atoms with van der Waals surface area (Å²) >= 11 is 1.71. The van der Waals surface area contributed by atoms with Gasteiger partial charge in [0.25, 0.3) is 0 Å². The Kier molecular flexibility index (Phi) is 5.25. The highest BCUT2D eigenvalue weighted by Crippen LogP contribution is 2.33. The smallest absolute Gasteiger partial charge is 0.337 e. The van der Waals surface area contributed by atoms with Crippen molar-refractivity contribution in [3.8, 4) is 0 Å². The quantitative estimate of drug-likeness (QED) is 0.663. The number of benzene rings is 2. The Hall–Kier alpha value is -2.93. The van der Waals surface area contributed by atoms with Crippen LogP contribution in [0, 0.1) is 0 Å². The van der Waals surface area contributed by atoms with Crippen LogP contribution in [0.3, 0.4) is 0 Å². The topological polar surface area (TPSA) is 71.5 Å². The molecule has 1 aliphatic rings. The van der Waals surface area contributed by atoms with Crippen LogP contribution in [0.4, 0.5) is 10.5 Å². The van der Waals surface area contributed by atoms with Crippen molar-refractivity contribution in [1.82, 2.24) is 9.88 Å². The van der Waals surface area contributed by atoms with Crippen LogP contribution in [0.1, 0.15) is 34.1 Å². The van der Waals surface area contributed by atoms with Gasteiger partial charge in [0.15, 0.2) is 0 Å². The molecular formula is C21H21N3O3S. The number of piperidine rings is 1. The second-order valence-electron chi connectivity index (χ2n) is 6.80. The number of rotatable bonds is 3. The van der Waals surface area contributed by atoms with Crippen molar-refractivity contribution >= 4 is 39.2 Å². The normalized spacial score (nSPS) is 16.8. The number of aromatic nitrogens is 1. The number of urea groups is 1. The molecule has 1 atom stereocenters. The van der Waals surface area contributed by atoms with Crippen LogP contribution in [0.5, 0.6) is 0 Å². The molecule has 28 heavy (non-hydrogen) atoms. The molecule has 0 unspecified atom stereocenters. The van der Waals surface area contributed by atoms with E-state index in [0.717, 1.165) is 29.9 Å². The van der Waals surface area contributed by atoms with Crippen molar-refractivity contribution in [2.75, 3.05) is 25.5 Å². The lowest BCUT2D eigenvalue weighted by Crippen LogP contribution is -2.41. The standard InChI is InChI=1S/C21H21N3O3S/c1-27-20(25)14-8-10-16(11-9-14)22-21(26)24-12-4-5-15(13-24)19-23-17-6-2-3-7-18(17)28-19/h2-3,6-11,15H,4-5,12-13H2,1H3,(H,22,26)/t15-/m1/s1. The lowest BCUT2D eigenvalue weighted by atomic mass is 9.99. The molecule has 7 heteroatoms. The summed E-state index contributed by atoms with van der Waals surface area (Å²) in [6.07, 6.45) is 1.99. The SMILES string of the molecule is COC(=O)c1ccc(NC(=O)N2CCC[C@@H](c3nc4ccccc4s3)C2)cc1. The molecule has 2 heterocycles. The van der Waals surface area contributed by atoms with Crippen LogP contribution in [-0.4, -0.2) is 42.1 Å². The molecule has 0 radical (unpaired) electrons. The van der Waals surface area contributed by atoms with Gasteiger partial charge in [0.2, 0.25) is 0 Å². The fraction of sp³-hybridized carbons (Fsp3) is 0.286. The maximum atomic E-state index is 12.7. The second-order valence-corrected chi connectivity index (χ2v) is 7.87. The average Bonchev–Trinajstić information content (AvgIpc) is 3.18. The second kappa shape index (κ2) is 7.98. The number of thiazole rings is 1. The summed E-state index contributed by atoms with van der Waals surface area (Å²) in [5, 5.41) is 4.01. The van der Waals surface area contributed by atoms with Gasteiger partial charge in [-0.25, -0.2) is 14.6 Å². The van der Waals surface area contributed by atoms with E-state index in [1.54, 1.807) is 35.6 Å². The number of hydrogen-bond donors (Lipinski definition) is 1. The summed E-state index contributed by atoms with van der Waals surface area (Å²) in [7, 11) is 1.34. The zero-order valence-corrected chi connectivity index (χ0v) is 16.4. The number of ether oxygens (including phenoxy) is 1. The number of esters is 1. The number of nitrogens with one attached hydrogen (secondary N) is 1. The Morgan fingerprint density at radius 2 is 1.96 bits per heavy atom.